The molecule has 0 saturated heterocycles. The summed E-state index contributed by atoms with van der Waals surface area (Å²) in [4.78, 5) is 25.0. The van der Waals surface area contributed by atoms with Crippen LogP contribution in [0, 0.1) is 0 Å². The number of carbonyl (C=O) groups excluding carboxylic acids is 2. The number of hydrogen-bond donors (Lipinski definition) is 2. The fourth-order valence-electron chi connectivity index (χ4n) is 2.66. The van der Waals surface area contributed by atoms with E-state index in [-0.39, 0.29) is 18.2 Å². The zero-order valence-corrected chi connectivity index (χ0v) is 16.0. The van der Waals surface area contributed by atoms with E-state index in [1.165, 1.54) is 0 Å². The van der Waals surface area contributed by atoms with Gasteiger partial charge in [0.2, 0.25) is 5.91 Å². The summed E-state index contributed by atoms with van der Waals surface area (Å²) in [7, 11) is 1.58. The minimum Gasteiger partial charge on any atom is -0.497 e. The van der Waals surface area contributed by atoms with Crippen LogP contribution >= 0.6 is 11.6 Å². The number of methoxy groups -OCH3 is 1. The zero-order chi connectivity index (χ0) is 19.9. The number of ether oxygens (including phenoxy) is 1. The van der Waals surface area contributed by atoms with E-state index in [1.807, 2.05) is 6.07 Å². The van der Waals surface area contributed by atoms with Crippen molar-refractivity contribution >= 4 is 34.7 Å². The van der Waals surface area contributed by atoms with Gasteiger partial charge >= 0.3 is 0 Å². The molecule has 0 aliphatic heterocycles. The van der Waals surface area contributed by atoms with Crippen LogP contribution in [0.25, 0.3) is 0 Å². The molecule has 6 heteroatoms. The van der Waals surface area contributed by atoms with Gasteiger partial charge in [0.15, 0.2) is 5.78 Å². The van der Waals surface area contributed by atoms with Crippen LogP contribution in [0.2, 0.25) is 5.02 Å². The first-order valence-corrected chi connectivity index (χ1v) is 9.01. The third-order valence-corrected chi connectivity index (χ3v) is 4.31. The maximum Gasteiger partial charge on any atom is 0.243 e. The number of ketones is 1. The highest BCUT2D eigenvalue weighted by Crippen LogP contribution is 2.24. The number of carbonyl (C=O) groups is 2. The van der Waals surface area contributed by atoms with Gasteiger partial charge in [0.25, 0.3) is 0 Å². The van der Waals surface area contributed by atoms with E-state index >= 15 is 0 Å². The molecule has 0 atom stereocenters. The van der Waals surface area contributed by atoms with Crippen molar-refractivity contribution in [2.75, 3.05) is 24.3 Å². The van der Waals surface area contributed by atoms with Gasteiger partial charge in [-0.05, 0) is 42.5 Å². The topological polar surface area (TPSA) is 67.4 Å². The fraction of sp³-hybridized carbons (Fsp3) is 0.0909. The van der Waals surface area contributed by atoms with Crippen molar-refractivity contribution in [1.29, 1.82) is 0 Å². The van der Waals surface area contributed by atoms with Gasteiger partial charge in [-0.15, -0.1) is 0 Å². The molecule has 28 heavy (non-hydrogen) atoms. The first-order valence-electron chi connectivity index (χ1n) is 8.64. The van der Waals surface area contributed by atoms with E-state index in [0.717, 1.165) is 0 Å². The highest BCUT2D eigenvalue weighted by atomic mass is 35.5. The Labute approximate surface area is 168 Å². The molecule has 0 saturated carbocycles. The number of amides is 1. The molecular weight excluding hydrogens is 376 g/mol. The lowest BCUT2D eigenvalue weighted by atomic mass is 10.0. The lowest BCUT2D eigenvalue weighted by molar-refractivity contribution is -0.114. The minimum atomic E-state index is -0.238. The van der Waals surface area contributed by atoms with E-state index in [4.69, 9.17) is 16.3 Å². The number of benzene rings is 3. The smallest absolute Gasteiger partial charge is 0.243 e. The lowest BCUT2D eigenvalue weighted by Gasteiger charge is -2.12. The van der Waals surface area contributed by atoms with Crippen LogP contribution < -0.4 is 15.4 Å². The van der Waals surface area contributed by atoms with Crippen LogP contribution in [-0.4, -0.2) is 25.3 Å². The van der Waals surface area contributed by atoms with E-state index in [2.05, 4.69) is 10.6 Å². The third kappa shape index (κ3) is 4.90. The monoisotopic (exact) mass is 394 g/mol. The Morgan fingerprint density at radius 3 is 2.36 bits per heavy atom. The quantitative estimate of drug-likeness (QED) is 0.573. The van der Waals surface area contributed by atoms with Crippen LogP contribution in [-0.2, 0) is 4.79 Å². The van der Waals surface area contributed by atoms with E-state index in [1.54, 1.807) is 73.8 Å². The van der Waals surface area contributed by atoms with Gasteiger partial charge in [-0.2, -0.15) is 0 Å². The SMILES string of the molecule is COc1ccc(NC(=O)CNc2ccc(Cl)cc2C(=O)c2ccccc2)cc1. The molecule has 0 aromatic heterocycles. The Balaban J connectivity index is 1.70. The first-order chi connectivity index (χ1) is 13.6. The predicted octanol–water partition coefficient (Wildman–Crippen LogP) is 4.63. The largest absolute Gasteiger partial charge is 0.497 e. The summed E-state index contributed by atoms with van der Waals surface area (Å²) in [6.07, 6.45) is 0. The zero-order valence-electron chi connectivity index (χ0n) is 15.2. The Kier molecular flexibility index (Phi) is 6.29. The molecule has 0 aliphatic rings. The molecule has 0 unspecified atom stereocenters. The lowest BCUT2D eigenvalue weighted by Crippen LogP contribution is -2.22. The summed E-state index contributed by atoms with van der Waals surface area (Å²) in [5, 5.41) is 6.26. The molecule has 2 N–H and O–H groups in total. The Morgan fingerprint density at radius 2 is 1.68 bits per heavy atom. The van der Waals surface area contributed by atoms with E-state index < -0.39 is 0 Å². The van der Waals surface area contributed by atoms with E-state index in [0.29, 0.717) is 33.3 Å². The Morgan fingerprint density at radius 1 is 0.964 bits per heavy atom. The van der Waals surface area contributed by atoms with Crippen LogP contribution in [0.5, 0.6) is 5.75 Å². The summed E-state index contributed by atoms with van der Waals surface area (Å²) < 4.78 is 5.09. The van der Waals surface area contributed by atoms with Gasteiger partial charge in [0.1, 0.15) is 5.75 Å². The normalized spacial score (nSPS) is 10.2. The standard InChI is InChI=1S/C22H19ClN2O3/c1-28-18-10-8-17(9-11-18)25-21(26)14-24-20-12-7-16(23)13-19(20)22(27)15-5-3-2-4-6-15/h2-13,24H,14H2,1H3,(H,25,26). The maximum atomic E-state index is 12.8. The molecular formula is C22H19ClN2O3. The molecule has 3 aromatic carbocycles. The van der Waals surface area contributed by atoms with Crippen LogP contribution in [0.4, 0.5) is 11.4 Å². The van der Waals surface area contributed by atoms with Crippen molar-refractivity contribution < 1.29 is 14.3 Å². The van der Waals surface area contributed by atoms with Gasteiger partial charge in [0, 0.05) is 27.5 Å². The Bertz CT molecular complexity index is 973. The maximum absolute atomic E-state index is 12.8. The number of hydrogen-bond acceptors (Lipinski definition) is 4. The van der Waals surface area contributed by atoms with E-state index in [9.17, 15) is 9.59 Å². The van der Waals surface area contributed by atoms with Gasteiger partial charge < -0.3 is 15.4 Å². The molecule has 0 bridgehead atoms. The second-order valence-corrected chi connectivity index (χ2v) is 6.45. The van der Waals surface area contributed by atoms with Gasteiger partial charge in [0.05, 0.1) is 13.7 Å². The van der Waals surface area contributed by atoms with Crippen molar-refractivity contribution in [2.24, 2.45) is 0 Å². The molecule has 0 spiro atoms. The summed E-state index contributed by atoms with van der Waals surface area (Å²) in [6.45, 7) is 0.00271. The van der Waals surface area contributed by atoms with Crippen LogP contribution in [0.3, 0.4) is 0 Å². The van der Waals surface area contributed by atoms with Crippen LogP contribution in [0.1, 0.15) is 15.9 Å². The second kappa shape index (κ2) is 9.06. The number of rotatable bonds is 7. The molecule has 5 nitrogen and oxygen atoms in total. The predicted molar refractivity (Wildman–Crippen MR) is 111 cm³/mol. The molecule has 0 fully saturated rings. The first kappa shape index (κ1) is 19.5. The van der Waals surface area contributed by atoms with Crippen molar-refractivity contribution in [2.45, 2.75) is 0 Å². The fourth-order valence-corrected chi connectivity index (χ4v) is 2.83. The summed E-state index contributed by atoms with van der Waals surface area (Å²) in [5.74, 6) is 0.306. The second-order valence-electron chi connectivity index (χ2n) is 6.02. The molecule has 0 heterocycles. The van der Waals surface area contributed by atoms with Crippen molar-refractivity contribution in [3.8, 4) is 5.75 Å². The van der Waals surface area contributed by atoms with Crippen molar-refractivity contribution in [3.05, 3.63) is 88.9 Å². The number of anilines is 2. The average Bonchev–Trinajstić information content (AvgIpc) is 2.73. The summed E-state index contributed by atoms with van der Waals surface area (Å²) >= 11 is 6.07. The average molecular weight is 395 g/mol. The number of halogens is 1. The van der Waals surface area contributed by atoms with Crippen molar-refractivity contribution in [3.63, 3.8) is 0 Å². The summed E-state index contributed by atoms with van der Waals surface area (Å²) in [6, 6.07) is 20.9. The highest BCUT2D eigenvalue weighted by molar-refractivity contribution is 6.31. The summed E-state index contributed by atoms with van der Waals surface area (Å²) in [5.41, 5.74) is 2.17. The Hall–Kier alpha value is -3.31. The third-order valence-electron chi connectivity index (χ3n) is 4.08. The van der Waals surface area contributed by atoms with Crippen LogP contribution in [0.15, 0.2) is 72.8 Å². The molecule has 142 valence electrons. The van der Waals surface area contributed by atoms with Gasteiger partial charge in [-0.1, -0.05) is 41.9 Å². The molecule has 0 radical (unpaired) electrons. The van der Waals surface area contributed by atoms with Gasteiger partial charge in [-0.3, -0.25) is 9.59 Å². The highest BCUT2D eigenvalue weighted by Gasteiger charge is 2.15. The molecule has 3 aromatic rings. The molecule has 1 amide bonds. The van der Waals surface area contributed by atoms with Gasteiger partial charge in [-0.25, -0.2) is 0 Å². The minimum absolute atomic E-state index is 0.00271. The number of nitrogens with one attached hydrogen (secondary N) is 2. The molecule has 0 aliphatic carbocycles. The van der Waals surface area contributed by atoms with Crippen molar-refractivity contribution in [1.82, 2.24) is 0 Å². The molecule has 3 rings (SSSR count).